The predicted octanol–water partition coefficient (Wildman–Crippen LogP) is 4.38. The monoisotopic (exact) mass is 472 g/mol. The summed E-state index contributed by atoms with van der Waals surface area (Å²) in [4.78, 5) is 28.7. The second-order valence-corrected chi connectivity index (χ2v) is 9.39. The number of benzene rings is 2. The van der Waals surface area contributed by atoms with Crippen LogP contribution in [-0.2, 0) is 17.6 Å². The molecule has 0 radical (unpaired) electrons. The molecule has 3 aromatic rings. The van der Waals surface area contributed by atoms with Crippen molar-refractivity contribution in [2.45, 2.75) is 65.0 Å². The van der Waals surface area contributed by atoms with Gasteiger partial charge < -0.3 is 10.1 Å². The van der Waals surface area contributed by atoms with E-state index in [1.54, 1.807) is 4.90 Å². The largest absolute Gasteiger partial charge is 0.477 e. The van der Waals surface area contributed by atoms with E-state index in [9.17, 15) is 9.59 Å². The molecule has 2 aromatic carbocycles. The van der Waals surface area contributed by atoms with Crippen molar-refractivity contribution in [2.75, 3.05) is 11.4 Å². The highest BCUT2D eigenvalue weighted by Gasteiger charge is 2.37. The Labute approximate surface area is 206 Å². The Morgan fingerprint density at radius 1 is 1.09 bits per heavy atom. The van der Waals surface area contributed by atoms with E-state index in [2.05, 4.69) is 24.4 Å². The summed E-state index contributed by atoms with van der Waals surface area (Å²) in [7, 11) is 0. The molecule has 0 saturated heterocycles. The van der Waals surface area contributed by atoms with Gasteiger partial charge in [0.2, 0.25) is 0 Å². The molecule has 1 aliphatic heterocycles. The van der Waals surface area contributed by atoms with Crippen LogP contribution in [0.5, 0.6) is 5.75 Å². The number of aryl methyl sites for hydroxylation is 1. The Morgan fingerprint density at radius 3 is 2.57 bits per heavy atom. The van der Waals surface area contributed by atoms with Gasteiger partial charge in [0.25, 0.3) is 11.8 Å². The highest BCUT2D eigenvalue weighted by molar-refractivity contribution is 6.07. The summed E-state index contributed by atoms with van der Waals surface area (Å²) in [6.45, 7) is 6.30. The van der Waals surface area contributed by atoms with Crippen LogP contribution in [0, 0.1) is 6.92 Å². The fraction of sp³-hybridized carbons (Fsp3) is 0.393. The number of ether oxygens (including phenoxy) is 1. The molecule has 0 fully saturated rings. The van der Waals surface area contributed by atoms with E-state index in [1.807, 2.05) is 54.9 Å². The first-order valence-corrected chi connectivity index (χ1v) is 12.6. The average molecular weight is 473 g/mol. The minimum absolute atomic E-state index is 0.0842. The van der Waals surface area contributed by atoms with Crippen LogP contribution in [0.1, 0.15) is 60.4 Å². The van der Waals surface area contributed by atoms with E-state index in [1.165, 1.54) is 5.56 Å². The van der Waals surface area contributed by atoms with Crippen LogP contribution >= 0.6 is 0 Å². The number of fused-ring (bicyclic) bond motifs is 2. The molecule has 1 aromatic heterocycles. The molecule has 35 heavy (non-hydrogen) atoms. The van der Waals surface area contributed by atoms with Gasteiger partial charge in [0.1, 0.15) is 5.75 Å². The summed E-state index contributed by atoms with van der Waals surface area (Å²) in [5.41, 5.74) is 5.38. The first-order valence-electron chi connectivity index (χ1n) is 12.6. The van der Waals surface area contributed by atoms with Crippen molar-refractivity contribution in [2.24, 2.45) is 0 Å². The highest BCUT2D eigenvalue weighted by atomic mass is 16.5. The minimum atomic E-state index is -0.776. The normalized spacial score (nSPS) is 16.6. The second-order valence-electron chi connectivity index (χ2n) is 9.39. The lowest BCUT2D eigenvalue weighted by atomic mass is 10.1. The molecular formula is C28H32N4O3. The molecule has 0 spiro atoms. The number of hydrogen-bond acceptors (Lipinski definition) is 4. The van der Waals surface area contributed by atoms with E-state index in [0.29, 0.717) is 17.1 Å². The van der Waals surface area contributed by atoms with E-state index >= 15 is 0 Å². The lowest BCUT2D eigenvalue weighted by Gasteiger charge is -2.34. The Balaban J connectivity index is 1.49. The van der Waals surface area contributed by atoms with Crippen molar-refractivity contribution in [1.29, 1.82) is 0 Å². The summed E-state index contributed by atoms with van der Waals surface area (Å²) >= 11 is 0. The number of para-hydroxylation sites is 2. The summed E-state index contributed by atoms with van der Waals surface area (Å²) in [6.07, 6.45) is 3.63. The van der Waals surface area contributed by atoms with Crippen molar-refractivity contribution in [3.8, 4) is 11.4 Å². The molecule has 1 atom stereocenters. The maximum absolute atomic E-state index is 14.0. The van der Waals surface area contributed by atoms with Gasteiger partial charge >= 0.3 is 0 Å². The van der Waals surface area contributed by atoms with Crippen molar-refractivity contribution in [3.05, 3.63) is 71.0 Å². The van der Waals surface area contributed by atoms with Gasteiger partial charge in [-0.2, -0.15) is 5.10 Å². The zero-order valence-electron chi connectivity index (χ0n) is 20.6. The molecule has 2 amide bonds. The lowest BCUT2D eigenvalue weighted by molar-refractivity contribution is -0.128. The maximum Gasteiger partial charge on any atom is 0.279 e. The summed E-state index contributed by atoms with van der Waals surface area (Å²) in [5, 5.41) is 7.87. The van der Waals surface area contributed by atoms with Crippen molar-refractivity contribution >= 4 is 17.5 Å². The summed E-state index contributed by atoms with van der Waals surface area (Å²) < 4.78 is 7.96. The maximum atomic E-state index is 14.0. The highest BCUT2D eigenvalue weighted by Crippen LogP contribution is 2.36. The van der Waals surface area contributed by atoms with Gasteiger partial charge in [0, 0.05) is 17.3 Å². The third-order valence-electron chi connectivity index (χ3n) is 7.05. The molecular weight excluding hydrogens is 440 g/mol. The molecule has 7 heteroatoms. The fourth-order valence-electron chi connectivity index (χ4n) is 4.99. The molecule has 7 nitrogen and oxygen atoms in total. The van der Waals surface area contributed by atoms with Crippen LogP contribution in [0.2, 0.25) is 0 Å². The Bertz CT molecular complexity index is 1240. The quantitative estimate of drug-likeness (QED) is 0.578. The second kappa shape index (κ2) is 9.56. The number of aromatic nitrogens is 2. The van der Waals surface area contributed by atoms with E-state index in [4.69, 9.17) is 9.84 Å². The third-order valence-corrected chi connectivity index (χ3v) is 7.05. The number of rotatable bonds is 6. The molecule has 1 aliphatic carbocycles. The van der Waals surface area contributed by atoms with Gasteiger partial charge in [-0.1, -0.05) is 43.7 Å². The van der Waals surface area contributed by atoms with Crippen LogP contribution in [0.15, 0.2) is 48.5 Å². The van der Waals surface area contributed by atoms with E-state index < -0.39 is 6.10 Å². The lowest BCUT2D eigenvalue weighted by Crippen LogP contribution is -2.52. The van der Waals surface area contributed by atoms with Gasteiger partial charge in [0.05, 0.1) is 17.9 Å². The summed E-state index contributed by atoms with van der Waals surface area (Å²) in [6, 6.07) is 15.7. The van der Waals surface area contributed by atoms with Crippen LogP contribution in [-0.4, -0.2) is 40.3 Å². The van der Waals surface area contributed by atoms with Gasteiger partial charge in [0.15, 0.2) is 11.8 Å². The molecule has 182 valence electrons. The van der Waals surface area contributed by atoms with Gasteiger partial charge in [-0.05, 0) is 63.3 Å². The minimum Gasteiger partial charge on any atom is -0.477 e. The zero-order valence-corrected chi connectivity index (χ0v) is 20.6. The molecule has 0 bridgehead atoms. The standard InChI is InChI=1S/C28H32N4O3/c1-4-19(5-2)29-27(33)25-17-31(23-10-6-7-12-24(23)35-25)28(34)26-21-9-8-11-22(21)32(30-26)20-15-13-18(3)14-16-20/h6-7,10,12-16,19,25H,4-5,8-9,11,17H2,1-3H3,(H,29,33). The van der Waals surface area contributed by atoms with E-state index in [0.717, 1.165) is 49.0 Å². The van der Waals surface area contributed by atoms with Gasteiger partial charge in [-0.3, -0.25) is 14.5 Å². The predicted molar refractivity (Wildman–Crippen MR) is 135 cm³/mol. The van der Waals surface area contributed by atoms with Gasteiger partial charge in [-0.25, -0.2) is 4.68 Å². The number of hydrogen-bond donors (Lipinski definition) is 1. The third kappa shape index (κ3) is 4.31. The van der Waals surface area contributed by atoms with Gasteiger partial charge in [-0.15, -0.1) is 0 Å². The van der Waals surface area contributed by atoms with Crippen LogP contribution < -0.4 is 15.0 Å². The first kappa shape index (κ1) is 23.1. The number of nitrogens with zero attached hydrogens (tertiary/aromatic N) is 3. The Hall–Kier alpha value is -3.61. The number of carbonyl (C=O) groups is 2. The van der Waals surface area contributed by atoms with Crippen molar-refractivity contribution in [1.82, 2.24) is 15.1 Å². The SMILES string of the molecule is CCC(CC)NC(=O)C1CN(C(=O)c2nn(-c3ccc(C)cc3)c3c2CCC3)c2ccccc2O1. The van der Waals surface area contributed by atoms with Crippen LogP contribution in [0.25, 0.3) is 5.69 Å². The molecule has 1 N–H and O–H groups in total. The van der Waals surface area contributed by atoms with Crippen LogP contribution in [0.4, 0.5) is 5.69 Å². The number of anilines is 1. The Morgan fingerprint density at radius 2 is 1.83 bits per heavy atom. The number of carbonyl (C=O) groups excluding carboxylic acids is 2. The fourth-order valence-corrected chi connectivity index (χ4v) is 4.99. The molecule has 2 aliphatic rings. The van der Waals surface area contributed by atoms with Crippen molar-refractivity contribution < 1.29 is 14.3 Å². The molecule has 1 unspecified atom stereocenters. The average Bonchev–Trinajstić information content (AvgIpc) is 3.50. The number of amides is 2. The topological polar surface area (TPSA) is 76.5 Å². The van der Waals surface area contributed by atoms with E-state index in [-0.39, 0.29) is 24.4 Å². The summed E-state index contributed by atoms with van der Waals surface area (Å²) in [5.74, 6) is 0.151. The van der Waals surface area contributed by atoms with Crippen molar-refractivity contribution in [3.63, 3.8) is 0 Å². The zero-order chi connectivity index (χ0) is 24.5. The number of nitrogens with one attached hydrogen (secondary N) is 1. The molecule has 0 saturated carbocycles. The molecule has 5 rings (SSSR count). The Kier molecular flexibility index (Phi) is 6.32. The van der Waals surface area contributed by atoms with Crippen LogP contribution in [0.3, 0.4) is 0 Å². The first-order chi connectivity index (χ1) is 17.0. The smallest absolute Gasteiger partial charge is 0.279 e. The molecule has 2 heterocycles.